The molecule has 0 saturated carbocycles. The highest BCUT2D eigenvalue weighted by molar-refractivity contribution is 6.63. The van der Waals surface area contributed by atoms with E-state index in [0.29, 0.717) is 16.6 Å². The predicted molar refractivity (Wildman–Crippen MR) is 52.5 cm³/mol. The number of H-pyrrole nitrogens is 1. The first kappa shape index (κ1) is 9.05. The standard InChI is InChI=1S/C8H9BN2O3/c1-14-7-3-2-6-5(4-10-11-6)8(7)9(12)13/h2-4,12-13H,1H3,(H,10,11). The van der Waals surface area contributed by atoms with Crippen LogP contribution in [-0.4, -0.2) is 34.5 Å². The average molecular weight is 192 g/mol. The van der Waals surface area contributed by atoms with Crippen molar-refractivity contribution in [3.63, 3.8) is 0 Å². The number of rotatable bonds is 2. The molecule has 0 radical (unpaired) electrons. The Labute approximate surface area is 80.5 Å². The Morgan fingerprint density at radius 1 is 1.43 bits per heavy atom. The summed E-state index contributed by atoms with van der Waals surface area (Å²) in [5, 5.41) is 25.6. The molecule has 5 nitrogen and oxygen atoms in total. The van der Waals surface area contributed by atoms with E-state index in [9.17, 15) is 10.0 Å². The quantitative estimate of drug-likeness (QED) is 0.547. The number of aromatic nitrogens is 2. The van der Waals surface area contributed by atoms with Crippen LogP contribution < -0.4 is 10.2 Å². The fourth-order valence-corrected chi connectivity index (χ4v) is 1.46. The first-order chi connectivity index (χ1) is 6.74. The van der Waals surface area contributed by atoms with Crippen LogP contribution in [0.3, 0.4) is 0 Å². The number of methoxy groups -OCH3 is 1. The SMILES string of the molecule is COc1ccc2[nH]ncc2c1B(O)O. The number of aromatic amines is 1. The first-order valence-electron chi connectivity index (χ1n) is 4.10. The van der Waals surface area contributed by atoms with Crippen molar-refractivity contribution in [2.75, 3.05) is 7.11 Å². The van der Waals surface area contributed by atoms with Gasteiger partial charge in [0.25, 0.3) is 0 Å². The molecule has 1 heterocycles. The van der Waals surface area contributed by atoms with Gasteiger partial charge in [0.15, 0.2) is 0 Å². The summed E-state index contributed by atoms with van der Waals surface area (Å²) in [4.78, 5) is 0. The lowest BCUT2D eigenvalue weighted by Gasteiger charge is -2.07. The summed E-state index contributed by atoms with van der Waals surface area (Å²) in [5.74, 6) is 0.439. The minimum atomic E-state index is -1.56. The molecule has 0 fully saturated rings. The molecule has 0 aliphatic heterocycles. The van der Waals surface area contributed by atoms with Crippen molar-refractivity contribution < 1.29 is 14.8 Å². The predicted octanol–water partition coefficient (Wildman–Crippen LogP) is -0.749. The lowest BCUT2D eigenvalue weighted by atomic mass is 9.77. The largest absolute Gasteiger partial charge is 0.497 e. The van der Waals surface area contributed by atoms with E-state index in [4.69, 9.17) is 4.74 Å². The molecule has 0 bridgehead atoms. The lowest BCUT2D eigenvalue weighted by molar-refractivity contribution is 0.404. The Hall–Kier alpha value is -1.53. The van der Waals surface area contributed by atoms with Gasteiger partial charge in [-0.25, -0.2) is 0 Å². The number of hydrogen-bond acceptors (Lipinski definition) is 4. The van der Waals surface area contributed by atoms with Gasteiger partial charge >= 0.3 is 7.12 Å². The molecule has 0 spiro atoms. The summed E-state index contributed by atoms with van der Waals surface area (Å²) in [7, 11) is -0.0844. The molecular weight excluding hydrogens is 183 g/mol. The molecule has 0 saturated heterocycles. The minimum Gasteiger partial charge on any atom is -0.497 e. The lowest BCUT2D eigenvalue weighted by Crippen LogP contribution is -2.31. The van der Waals surface area contributed by atoms with Gasteiger partial charge in [-0.2, -0.15) is 5.10 Å². The average Bonchev–Trinajstić information content (AvgIpc) is 2.62. The van der Waals surface area contributed by atoms with Crippen LogP contribution in [0.1, 0.15) is 0 Å². The number of nitrogens with one attached hydrogen (secondary N) is 1. The Bertz CT molecular complexity index is 455. The number of benzene rings is 1. The fraction of sp³-hybridized carbons (Fsp3) is 0.125. The number of nitrogens with zero attached hydrogens (tertiary/aromatic N) is 1. The zero-order chi connectivity index (χ0) is 10.1. The third-order valence-electron chi connectivity index (χ3n) is 2.10. The van der Waals surface area contributed by atoms with Gasteiger partial charge in [0, 0.05) is 10.8 Å². The fourth-order valence-electron chi connectivity index (χ4n) is 1.46. The van der Waals surface area contributed by atoms with Crippen LogP contribution in [0.25, 0.3) is 10.9 Å². The summed E-state index contributed by atoms with van der Waals surface area (Å²) in [5.41, 5.74) is 1.08. The van der Waals surface area contributed by atoms with Gasteiger partial charge in [-0.1, -0.05) is 0 Å². The number of ether oxygens (including phenoxy) is 1. The van der Waals surface area contributed by atoms with E-state index in [1.165, 1.54) is 13.3 Å². The van der Waals surface area contributed by atoms with Crippen LogP contribution in [0.5, 0.6) is 5.75 Å². The molecule has 0 aliphatic rings. The highest BCUT2D eigenvalue weighted by Gasteiger charge is 2.20. The summed E-state index contributed by atoms with van der Waals surface area (Å²) >= 11 is 0. The maximum absolute atomic E-state index is 9.19. The van der Waals surface area contributed by atoms with Crippen molar-refractivity contribution in [1.29, 1.82) is 0 Å². The third kappa shape index (κ3) is 1.25. The van der Waals surface area contributed by atoms with Crippen molar-refractivity contribution in [1.82, 2.24) is 10.2 Å². The van der Waals surface area contributed by atoms with Crippen molar-refractivity contribution >= 4 is 23.5 Å². The van der Waals surface area contributed by atoms with Gasteiger partial charge in [-0.3, -0.25) is 5.10 Å². The van der Waals surface area contributed by atoms with Crippen LogP contribution in [-0.2, 0) is 0 Å². The zero-order valence-corrected chi connectivity index (χ0v) is 7.56. The molecule has 3 N–H and O–H groups in total. The van der Waals surface area contributed by atoms with E-state index in [2.05, 4.69) is 10.2 Å². The molecule has 0 aliphatic carbocycles. The van der Waals surface area contributed by atoms with Gasteiger partial charge in [0.2, 0.25) is 0 Å². The molecule has 0 amide bonds. The van der Waals surface area contributed by atoms with Crippen molar-refractivity contribution in [2.24, 2.45) is 0 Å². The molecule has 0 atom stereocenters. The molecule has 14 heavy (non-hydrogen) atoms. The molecule has 2 rings (SSSR count). The van der Waals surface area contributed by atoms with E-state index in [1.807, 2.05) is 0 Å². The summed E-state index contributed by atoms with van der Waals surface area (Å²) in [6.07, 6.45) is 1.53. The third-order valence-corrected chi connectivity index (χ3v) is 2.10. The van der Waals surface area contributed by atoms with E-state index in [-0.39, 0.29) is 0 Å². The second kappa shape index (κ2) is 3.32. The van der Waals surface area contributed by atoms with Crippen molar-refractivity contribution in [3.05, 3.63) is 18.3 Å². The molecule has 1 aromatic carbocycles. The van der Waals surface area contributed by atoms with Crippen LogP contribution in [0.2, 0.25) is 0 Å². The highest BCUT2D eigenvalue weighted by Crippen LogP contribution is 2.16. The summed E-state index contributed by atoms with van der Waals surface area (Å²) in [6, 6.07) is 3.43. The van der Waals surface area contributed by atoms with E-state index < -0.39 is 7.12 Å². The van der Waals surface area contributed by atoms with Gasteiger partial charge in [0.1, 0.15) is 5.75 Å². The monoisotopic (exact) mass is 192 g/mol. The van der Waals surface area contributed by atoms with Gasteiger partial charge in [0.05, 0.1) is 18.8 Å². The topological polar surface area (TPSA) is 78.4 Å². The molecule has 72 valence electrons. The molecule has 2 aromatic rings. The molecular formula is C8H9BN2O3. The maximum Gasteiger partial charge on any atom is 0.493 e. The van der Waals surface area contributed by atoms with Crippen LogP contribution in [0.4, 0.5) is 0 Å². The number of hydrogen-bond donors (Lipinski definition) is 3. The van der Waals surface area contributed by atoms with Crippen molar-refractivity contribution in [3.8, 4) is 5.75 Å². The Kier molecular flexibility index (Phi) is 2.15. The van der Waals surface area contributed by atoms with Crippen LogP contribution in [0, 0.1) is 0 Å². The van der Waals surface area contributed by atoms with Crippen LogP contribution >= 0.6 is 0 Å². The molecule has 6 heteroatoms. The second-order valence-electron chi connectivity index (χ2n) is 2.89. The molecule has 0 unspecified atom stereocenters. The second-order valence-corrected chi connectivity index (χ2v) is 2.89. The van der Waals surface area contributed by atoms with Crippen LogP contribution in [0.15, 0.2) is 18.3 Å². The number of fused-ring (bicyclic) bond motifs is 1. The Morgan fingerprint density at radius 2 is 2.21 bits per heavy atom. The van der Waals surface area contributed by atoms with Gasteiger partial charge in [-0.15, -0.1) is 0 Å². The normalized spacial score (nSPS) is 10.5. The first-order valence-corrected chi connectivity index (χ1v) is 4.10. The highest BCUT2D eigenvalue weighted by atomic mass is 16.5. The smallest absolute Gasteiger partial charge is 0.493 e. The van der Waals surface area contributed by atoms with E-state index in [0.717, 1.165) is 5.52 Å². The maximum atomic E-state index is 9.19. The van der Waals surface area contributed by atoms with E-state index >= 15 is 0 Å². The molecule has 1 aromatic heterocycles. The van der Waals surface area contributed by atoms with Crippen molar-refractivity contribution in [2.45, 2.75) is 0 Å². The zero-order valence-electron chi connectivity index (χ0n) is 7.56. The van der Waals surface area contributed by atoms with Gasteiger partial charge < -0.3 is 14.8 Å². The minimum absolute atomic E-state index is 0.332. The summed E-state index contributed by atoms with van der Waals surface area (Å²) < 4.78 is 5.02. The Balaban J connectivity index is 2.75. The van der Waals surface area contributed by atoms with E-state index in [1.54, 1.807) is 12.1 Å². The summed E-state index contributed by atoms with van der Waals surface area (Å²) in [6.45, 7) is 0. The Morgan fingerprint density at radius 3 is 2.86 bits per heavy atom. The van der Waals surface area contributed by atoms with Gasteiger partial charge in [-0.05, 0) is 12.1 Å².